The molecule has 0 amide bonds. The molecule has 0 aliphatic rings. The standard InChI is InChI=1S/C16H22O/c1-6-7-8-13(3)14(4)15-11-12(2)9-10-16(15)17-5/h9-11,13-14H,6H2,1-5H3. The number of methoxy groups -OCH3 is 1. The van der Waals surface area contributed by atoms with Gasteiger partial charge >= 0.3 is 0 Å². The van der Waals surface area contributed by atoms with E-state index in [1.54, 1.807) is 7.11 Å². The molecule has 1 nitrogen and oxygen atoms in total. The van der Waals surface area contributed by atoms with Crippen molar-refractivity contribution in [1.29, 1.82) is 0 Å². The van der Waals surface area contributed by atoms with E-state index in [-0.39, 0.29) is 0 Å². The summed E-state index contributed by atoms with van der Waals surface area (Å²) in [7, 11) is 1.73. The first kappa shape index (κ1) is 13.6. The average Bonchev–Trinajstić information content (AvgIpc) is 2.34. The second-order valence-electron chi connectivity index (χ2n) is 4.50. The van der Waals surface area contributed by atoms with Crippen LogP contribution in [0.3, 0.4) is 0 Å². The van der Waals surface area contributed by atoms with Crippen LogP contribution in [0.15, 0.2) is 18.2 Å². The van der Waals surface area contributed by atoms with Crippen LogP contribution in [0.2, 0.25) is 0 Å². The summed E-state index contributed by atoms with van der Waals surface area (Å²) < 4.78 is 5.43. The van der Waals surface area contributed by atoms with Crippen LogP contribution in [-0.4, -0.2) is 7.11 Å². The average molecular weight is 230 g/mol. The Morgan fingerprint density at radius 1 is 1.29 bits per heavy atom. The Bertz CT molecular complexity index is 423. The zero-order valence-electron chi connectivity index (χ0n) is 11.5. The van der Waals surface area contributed by atoms with Crippen LogP contribution in [-0.2, 0) is 0 Å². The number of hydrogen-bond acceptors (Lipinski definition) is 1. The Labute approximate surface area is 105 Å². The molecule has 0 radical (unpaired) electrons. The number of hydrogen-bond donors (Lipinski definition) is 0. The van der Waals surface area contributed by atoms with Gasteiger partial charge in [0.1, 0.15) is 5.75 Å². The van der Waals surface area contributed by atoms with Gasteiger partial charge in [0.15, 0.2) is 0 Å². The summed E-state index contributed by atoms with van der Waals surface area (Å²) >= 11 is 0. The predicted molar refractivity (Wildman–Crippen MR) is 73.4 cm³/mol. The minimum atomic E-state index is 0.352. The number of rotatable bonds is 3. The lowest BCUT2D eigenvalue weighted by Gasteiger charge is -2.19. The van der Waals surface area contributed by atoms with Crippen LogP contribution in [0, 0.1) is 24.7 Å². The van der Waals surface area contributed by atoms with Gasteiger partial charge in [0.2, 0.25) is 0 Å². The monoisotopic (exact) mass is 230 g/mol. The van der Waals surface area contributed by atoms with Gasteiger partial charge in [0.05, 0.1) is 7.11 Å². The summed E-state index contributed by atoms with van der Waals surface area (Å²) in [6, 6.07) is 6.33. The van der Waals surface area contributed by atoms with Crippen LogP contribution in [0.5, 0.6) is 5.75 Å². The molecule has 1 aromatic carbocycles. The van der Waals surface area contributed by atoms with Crippen LogP contribution in [0.1, 0.15) is 44.2 Å². The van der Waals surface area contributed by atoms with Gasteiger partial charge in [-0.2, -0.15) is 0 Å². The molecule has 0 aliphatic carbocycles. The Kier molecular flexibility index (Phi) is 5.10. The normalized spacial score (nSPS) is 13.5. The van der Waals surface area contributed by atoms with Gasteiger partial charge in [0.25, 0.3) is 0 Å². The third kappa shape index (κ3) is 3.53. The summed E-state index contributed by atoms with van der Waals surface area (Å²) in [6.45, 7) is 8.58. The Morgan fingerprint density at radius 3 is 2.59 bits per heavy atom. The summed E-state index contributed by atoms with van der Waals surface area (Å²) in [6.07, 6.45) is 0.919. The maximum absolute atomic E-state index is 5.43. The van der Waals surface area contributed by atoms with Crippen LogP contribution in [0.25, 0.3) is 0 Å². The van der Waals surface area contributed by atoms with Gasteiger partial charge in [-0.05, 0) is 24.5 Å². The van der Waals surface area contributed by atoms with Gasteiger partial charge in [-0.15, -0.1) is 5.92 Å². The molecular formula is C16H22O. The van der Waals surface area contributed by atoms with E-state index in [1.165, 1.54) is 11.1 Å². The first-order chi connectivity index (χ1) is 8.10. The molecule has 1 aromatic rings. The molecule has 0 fully saturated rings. The van der Waals surface area contributed by atoms with Gasteiger partial charge < -0.3 is 4.74 Å². The van der Waals surface area contributed by atoms with Crippen LogP contribution < -0.4 is 4.74 Å². The Hall–Kier alpha value is -1.42. The van der Waals surface area contributed by atoms with Gasteiger partial charge in [0, 0.05) is 12.3 Å². The third-order valence-electron chi connectivity index (χ3n) is 3.13. The van der Waals surface area contributed by atoms with Crippen molar-refractivity contribution >= 4 is 0 Å². The molecule has 0 heterocycles. The minimum absolute atomic E-state index is 0.352. The maximum Gasteiger partial charge on any atom is 0.122 e. The number of aryl methyl sites for hydroxylation is 1. The molecule has 0 saturated carbocycles. The third-order valence-corrected chi connectivity index (χ3v) is 3.13. The first-order valence-corrected chi connectivity index (χ1v) is 6.23. The molecule has 0 saturated heterocycles. The molecule has 0 bridgehead atoms. The molecule has 0 aliphatic heterocycles. The summed E-state index contributed by atoms with van der Waals surface area (Å²) in [5.41, 5.74) is 2.52. The van der Waals surface area contributed by atoms with E-state index in [4.69, 9.17) is 4.74 Å². The molecule has 92 valence electrons. The minimum Gasteiger partial charge on any atom is -0.496 e. The van der Waals surface area contributed by atoms with Crippen LogP contribution >= 0.6 is 0 Å². The van der Waals surface area contributed by atoms with E-state index in [0.29, 0.717) is 11.8 Å². The summed E-state index contributed by atoms with van der Waals surface area (Å²) in [4.78, 5) is 0. The largest absolute Gasteiger partial charge is 0.496 e. The molecule has 0 spiro atoms. The summed E-state index contributed by atoms with van der Waals surface area (Å²) in [5, 5.41) is 0. The zero-order valence-corrected chi connectivity index (χ0v) is 11.5. The van der Waals surface area contributed by atoms with Crippen molar-refractivity contribution in [3.05, 3.63) is 29.3 Å². The highest BCUT2D eigenvalue weighted by atomic mass is 16.5. The highest BCUT2D eigenvalue weighted by molar-refractivity contribution is 5.40. The fourth-order valence-corrected chi connectivity index (χ4v) is 1.87. The van der Waals surface area contributed by atoms with E-state index in [1.807, 2.05) is 6.07 Å². The topological polar surface area (TPSA) is 9.23 Å². The van der Waals surface area contributed by atoms with Crippen molar-refractivity contribution in [3.8, 4) is 17.6 Å². The molecule has 1 rings (SSSR count). The summed E-state index contributed by atoms with van der Waals surface area (Å²) in [5.74, 6) is 8.17. The lowest BCUT2D eigenvalue weighted by molar-refractivity contribution is 0.402. The van der Waals surface area contributed by atoms with Crippen molar-refractivity contribution < 1.29 is 4.74 Å². The van der Waals surface area contributed by atoms with E-state index in [9.17, 15) is 0 Å². The van der Waals surface area contributed by atoms with E-state index in [0.717, 1.165) is 12.2 Å². The number of benzene rings is 1. The SMILES string of the molecule is CCC#CC(C)C(C)c1cc(C)ccc1OC. The molecule has 0 N–H and O–H groups in total. The van der Waals surface area contributed by atoms with Crippen molar-refractivity contribution in [2.24, 2.45) is 5.92 Å². The van der Waals surface area contributed by atoms with Gasteiger partial charge in [-0.3, -0.25) is 0 Å². The van der Waals surface area contributed by atoms with E-state index >= 15 is 0 Å². The smallest absolute Gasteiger partial charge is 0.122 e. The van der Waals surface area contributed by atoms with E-state index < -0.39 is 0 Å². The molecule has 17 heavy (non-hydrogen) atoms. The van der Waals surface area contributed by atoms with Crippen molar-refractivity contribution in [1.82, 2.24) is 0 Å². The van der Waals surface area contributed by atoms with Crippen molar-refractivity contribution in [2.75, 3.05) is 7.11 Å². The first-order valence-electron chi connectivity index (χ1n) is 6.23. The lowest BCUT2D eigenvalue weighted by Crippen LogP contribution is -2.06. The van der Waals surface area contributed by atoms with Gasteiger partial charge in [-0.25, -0.2) is 0 Å². The zero-order chi connectivity index (χ0) is 12.8. The fourth-order valence-electron chi connectivity index (χ4n) is 1.87. The second kappa shape index (κ2) is 6.35. The molecular weight excluding hydrogens is 208 g/mol. The van der Waals surface area contributed by atoms with Gasteiger partial charge in [-0.1, -0.05) is 44.4 Å². The Balaban J connectivity index is 3.01. The maximum atomic E-state index is 5.43. The van der Waals surface area contributed by atoms with E-state index in [2.05, 4.69) is 51.7 Å². The van der Waals surface area contributed by atoms with Crippen LogP contribution in [0.4, 0.5) is 0 Å². The number of ether oxygens (including phenoxy) is 1. The second-order valence-corrected chi connectivity index (χ2v) is 4.50. The predicted octanol–water partition coefficient (Wildman–Crippen LogP) is 4.16. The highest BCUT2D eigenvalue weighted by Gasteiger charge is 2.16. The fraction of sp³-hybridized carbons (Fsp3) is 0.500. The molecule has 2 unspecified atom stereocenters. The Morgan fingerprint density at radius 2 is 2.00 bits per heavy atom. The lowest BCUT2D eigenvalue weighted by atomic mass is 9.88. The quantitative estimate of drug-likeness (QED) is 0.709. The molecule has 1 heteroatoms. The molecule has 2 atom stereocenters. The molecule has 0 aromatic heterocycles. The van der Waals surface area contributed by atoms with Crippen molar-refractivity contribution in [2.45, 2.75) is 40.0 Å². The highest BCUT2D eigenvalue weighted by Crippen LogP contribution is 2.32. The van der Waals surface area contributed by atoms with Crippen molar-refractivity contribution in [3.63, 3.8) is 0 Å².